The van der Waals surface area contributed by atoms with Gasteiger partial charge < -0.3 is 10.2 Å². The highest BCUT2D eigenvalue weighted by molar-refractivity contribution is 5.82. The number of nitrogens with zero attached hydrogens (tertiary/aromatic N) is 1. The molecule has 27 heavy (non-hydrogen) atoms. The van der Waals surface area contributed by atoms with Crippen molar-refractivity contribution in [3.63, 3.8) is 0 Å². The van der Waals surface area contributed by atoms with Crippen LogP contribution in [-0.4, -0.2) is 36.3 Å². The number of benzene rings is 1. The number of piperidine rings is 1. The van der Waals surface area contributed by atoms with Gasteiger partial charge in [-0.3, -0.25) is 9.59 Å². The van der Waals surface area contributed by atoms with E-state index in [1.165, 1.54) is 17.5 Å². The van der Waals surface area contributed by atoms with E-state index in [4.69, 9.17) is 0 Å². The molecule has 3 fully saturated rings. The first-order valence-electron chi connectivity index (χ1n) is 10.5. The highest BCUT2D eigenvalue weighted by Crippen LogP contribution is 2.59. The van der Waals surface area contributed by atoms with Gasteiger partial charge in [-0.05, 0) is 48.1 Å². The van der Waals surface area contributed by atoms with Gasteiger partial charge in [0.05, 0.1) is 5.92 Å². The Bertz CT molecular complexity index is 734. The predicted molar refractivity (Wildman–Crippen MR) is 106 cm³/mol. The van der Waals surface area contributed by atoms with Crippen molar-refractivity contribution in [1.29, 1.82) is 0 Å². The van der Waals surface area contributed by atoms with Crippen LogP contribution in [0.4, 0.5) is 0 Å². The van der Waals surface area contributed by atoms with Gasteiger partial charge in [0.25, 0.3) is 0 Å². The molecule has 146 valence electrons. The van der Waals surface area contributed by atoms with Crippen LogP contribution in [-0.2, 0) is 20.4 Å². The van der Waals surface area contributed by atoms with Crippen molar-refractivity contribution in [2.75, 3.05) is 19.6 Å². The molecule has 4 rings (SSSR count). The summed E-state index contributed by atoms with van der Waals surface area (Å²) in [5, 5.41) is 2.90. The van der Waals surface area contributed by atoms with Gasteiger partial charge in [-0.25, -0.2) is 0 Å². The standard InChI is InChI=1S/C23H32N2O2/c1-22(2,3)17-7-9-18(10-8-17)23-11-12-25(15-19(23)13-23)21(27)16-5-4-6-20(26)24-14-16/h7-10,16,19H,4-6,11-15H2,1-3H3,(H,24,26)/t16-,19?,23?/m1/s1. The zero-order chi connectivity index (χ0) is 19.2. The van der Waals surface area contributed by atoms with Gasteiger partial charge in [0, 0.05) is 31.5 Å². The normalized spacial score (nSPS) is 30.9. The summed E-state index contributed by atoms with van der Waals surface area (Å²) < 4.78 is 0. The fourth-order valence-electron chi connectivity index (χ4n) is 5.02. The molecular formula is C23H32N2O2. The van der Waals surface area contributed by atoms with Gasteiger partial charge in [-0.1, -0.05) is 45.0 Å². The number of carbonyl (C=O) groups is 2. The molecule has 1 saturated carbocycles. The zero-order valence-electron chi connectivity index (χ0n) is 16.9. The van der Waals surface area contributed by atoms with Crippen LogP contribution in [0.3, 0.4) is 0 Å². The van der Waals surface area contributed by atoms with Crippen LogP contribution in [0.1, 0.15) is 64.0 Å². The van der Waals surface area contributed by atoms with Crippen LogP contribution in [0.5, 0.6) is 0 Å². The Kier molecular flexibility index (Phi) is 4.56. The van der Waals surface area contributed by atoms with E-state index in [0.717, 1.165) is 32.4 Å². The van der Waals surface area contributed by atoms with Crippen molar-refractivity contribution in [3.05, 3.63) is 35.4 Å². The fourth-order valence-corrected chi connectivity index (χ4v) is 5.02. The SMILES string of the molecule is CC(C)(C)c1ccc(C23CCN(C(=O)[C@@H]4CCCC(=O)NC4)CC2C3)cc1. The summed E-state index contributed by atoms with van der Waals surface area (Å²) in [7, 11) is 0. The molecule has 0 radical (unpaired) electrons. The minimum atomic E-state index is -0.0335. The summed E-state index contributed by atoms with van der Waals surface area (Å²) in [6, 6.07) is 9.20. The Labute approximate surface area is 162 Å². The highest BCUT2D eigenvalue weighted by Gasteiger charge is 2.58. The first-order chi connectivity index (χ1) is 12.8. The third-order valence-corrected chi connectivity index (χ3v) is 6.99. The lowest BCUT2D eigenvalue weighted by Gasteiger charge is -2.34. The van der Waals surface area contributed by atoms with Crippen LogP contribution in [0.15, 0.2) is 24.3 Å². The lowest BCUT2D eigenvalue weighted by molar-refractivity contribution is -0.136. The number of fused-ring (bicyclic) bond motifs is 1. The number of carbonyl (C=O) groups excluding carboxylic acids is 2. The average Bonchev–Trinajstić information content (AvgIpc) is 3.40. The maximum absolute atomic E-state index is 12.9. The Morgan fingerprint density at radius 1 is 1.22 bits per heavy atom. The molecule has 1 N–H and O–H groups in total. The van der Waals surface area contributed by atoms with Crippen molar-refractivity contribution in [3.8, 4) is 0 Å². The van der Waals surface area contributed by atoms with E-state index in [0.29, 0.717) is 24.3 Å². The van der Waals surface area contributed by atoms with Gasteiger partial charge in [0.1, 0.15) is 0 Å². The molecule has 1 aromatic rings. The summed E-state index contributed by atoms with van der Waals surface area (Å²) in [4.78, 5) is 26.6. The maximum atomic E-state index is 12.9. The maximum Gasteiger partial charge on any atom is 0.227 e. The smallest absolute Gasteiger partial charge is 0.227 e. The second-order valence-corrected chi connectivity index (χ2v) is 9.81. The molecule has 0 aromatic heterocycles. The van der Waals surface area contributed by atoms with Gasteiger partial charge in [-0.15, -0.1) is 0 Å². The molecule has 3 atom stereocenters. The second kappa shape index (κ2) is 6.65. The molecule has 0 bridgehead atoms. The topological polar surface area (TPSA) is 49.4 Å². The number of hydrogen-bond acceptors (Lipinski definition) is 2. The average molecular weight is 369 g/mol. The molecule has 2 unspecified atom stereocenters. The lowest BCUT2D eigenvalue weighted by atomic mass is 9.82. The Balaban J connectivity index is 1.40. The molecule has 4 nitrogen and oxygen atoms in total. The summed E-state index contributed by atoms with van der Waals surface area (Å²) in [6.45, 7) is 8.99. The number of rotatable bonds is 2. The van der Waals surface area contributed by atoms with E-state index in [1.807, 2.05) is 0 Å². The molecule has 2 saturated heterocycles. The van der Waals surface area contributed by atoms with Crippen molar-refractivity contribution in [2.45, 2.75) is 63.7 Å². The Morgan fingerprint density at radius 2 is 1.96 bits per heavy atom. The summed E-state index contributed by atoms with van der Waals surface area (Å²) in [5.41, 5.74) is 3.31. The van der Waals surface area contributed by atoms with E-state index in [2.05, 4.69) is 55.3 Å². The van der Waals surface area contributed by atoms with Gasteiger partial charge in [-0.2, -0.15) is 0 Å². The molecular weight excluding hydrogens is 336 g/mol. The summed E-state index contributed by atoms with van der Waals surface area (Å²) in [6.07, 6.45) is 4.48. The first kappa shape index (κ1) is 18.5. The van der Waals surface area contributed by atoms with Gasteiger partial charge >= 0.3 is 0 Å². The predicted octanol–water partition coefficient (Wildman–Crippen LogP) is 3.39. The monoisotopic (exact) mass is 368 g/mol. The number of nitrogens with one attached hydrogen (secondary N) is 1. The van der Waals surface area contributed by atoms with E-state index in [9.17, 15) is 9.59 Å². The summed E-state index contributed by atoms with van der Waals surface area (Å²) in [5.74, 6) is 0.898. The van der Waals surface area contributed by atoms with Crippen molar-refractivity contribution in [2.24, 2.45) is 11.8 Å². The molecule has 3 aliphatic rings. The van der Waals surface area contributed by atoms with Gasteiger partial charge in [0.2, 0.25) is 11.8 Å². The highest BCUT2D eigenvalue weighted by atomic mass is 16.2. The van der Waals surface area contributed by atoms with E-state index < -0.39 is 0 Å². The third kappa shape index (κ3) is 3.51. The van der Waals surface area contributed by atoms with Crippen molar-refractivity contribution >= 4 is 11.8 Å². The number of amides is 2. The van der Waals surface area contributed by atoms with Crippen LogP contribution in [0.25, 0.3) is 0 Å². The quantitative estimate of drug-likeness (QED) is 0.870. The molecule has 2 aliphatic heterocycles. The summed E-state index contributed by atoms with van der Waals surface area (Å²) >= 11 is 0. The molecule has 1 aromatic carbocycles. The molecule has 0 spiro atoms. The van der Waals surface area contributed by atoms with Crippen LogP contribution in [0, 0.1) is 11.8 Å². The van der Waals surface area contributed by atoms with E-state index in [1.54, 1.807) is 0 Å². The fraction of sp³-hybridized carbons (Fsp3) is 0.652. The first-order valence-corrected chi connectivity index (χ1v) is 10.5. The minimum Gasteiger partial charge on any atom is -0.355 e. The Morgan fingerprint density at radius 3 is 2.63 bits per heavy atom. The largest absolute Gasteiger partial charge is 0.355 e. The lowest BCUT2D eigenvalue weighted by Crippen LogP contribution is -2.45. The van der Waals surface area contributed by atoms with Crippen molar-refractivity contribution < 1.29 is 9.59 Å². The van der Waals surface area contributed by atoms with Crippen LogP contribution < -0.4 is 5.32 Å². The van der Waals surface area contributed by atoms with E-state index in [-0.39, 0.29) is 23.1 Å². The van der Waals surface area contributed by atoms with E-state index >= 15 is 0 Å². The number of hydrogen-bond donors (Lipinski definition) is 1. The Hall–Kier alpha value is -1.84. The van der Waals surface area contributed by atoms with Crippen LogP contribution in [0.2, 0.25) is 0 Å². The molecule has 4 heteroatoms. The molecule has 2 amide bonds. The minimum absolute atomic E-state index is 0.0335. The second-order valence-electron chi connectivity index (χ2n) is 9.81. The molecule has 1 aliphatic carbocycles. The van der Waals surface area contributed by atoms with Crippen molar-refractivity contribution in [1.82, 2.24) is 10.2 Å². The molecule has 2 heterocycles. The van der Waals surface area contributed by atoms with Gasteiger partial charge in [0.15, 0.2) is 0 Å². The number of likely N-dealkylation sites (tertiary alicyclic amines) is 1. The zero-order valence-corrected chi connectivity index (χ0v) is 16.9. The van der Waals surface area contributed by atoms with Crippen LogP contribution >= 0.6 is 0 Å². The third-order valence-electron chi connectivity index (χ3n) is 6.99.